The number of hydrogen-bond acceptors (Lipinski definition) is 3. The minimum Gasteiger partial charge on any atom is -0.285 e. The molecule has 0 aliphatic carbocycles. The summed E-state index contributed by atoms with van der Waals surface area (Å²) in [4.78, 5) is 16.7. The van der Waals surface area contributed by atoms with Crippen molar-refractivity contribution in [3.05, 3.63) is 34.6 Å². The molecule has 0 aliphatic heterocycles. The number of halogens is 2. The predicted octanol–water partition coefficient (Wildman–Crippen LogP) is 3.33. The molecular weight excluding hydrogens is 270 g/mol. The van der Waals surface area contributed by atoms with E-state index in [1.165, 1.54) is 4.57 Å². The fourth-order valence-corrected chi connectivity index (χ4v) is 2.69. The number of para-hydroxylation sites is 1. The lowest BCUT2D eigenvalue weighted by Crippen LogP contribution is -2.25. The highest BCUT2D eigenvalue weighted by Crippen LogP contribution is 2.22. The fraction of sp³-hybridized carbons (Fsp3) is 0.385. The summed E-state index contributed by atoms with van der Waals surface area (Å²) in [5.41, 5.74) is 0.360. The maximum atomic E-state index is 12.4. The summed E-state index contributed by atoms with van der Waals surface area (Å²) in [6.45, 7) is 3.68. The molecule has 0 unspecified atom stereocenters. The van der Waals surface area contributed by atoms with Crippen LogP contribution < -0.4 is 5.56 Å². The molecule has 2 aromatic rings. The highest BCUT2D eigenvalue weighted by molar-refractivity contribution is 7.99. The molecule has 0 aliphatic rings. The zero-order valence-electron chi connectivity index (χ0n) is 10.6. The van der Waals surface area contributed by atoms with Crippen LogP contribution in [-0.4, -0.2) is 21.7 Å². The SMILES string of the molecule is CC(C)n1c(SCC(F)F)nc2ccccc2c1=O. The molecule has 0 spiro atoms. The van der Waals surface area contributed by atoms with Gasteiger partial charge in [0.25, 0.3) is 5.56 Å². The van der Waals surface area contributed by atoms with Gasteiger partial charge in [-0.15, -0.1) is 0 Å². The van der Waals surface area contributed by atoms with Gasteiger partial charge in [0.2, 0.25) is 6.43 Å². The average molecular weight is 284 g/mol. The van der Waals surface area contributed by atoms with E-state index >= 15 is 0 Å². The topological polar surface area (TPSA) is 34.9 Å². The lowest BCUT2D eigenvalue weighted by molar-refractivity contribution is 0.176. The van der Waals surface area contributed by atoms with Crippen molar-refractivity contribution >= 4 is 22.7 Å². The number of rotatable bonds is 4. The van der Waals surface area contributed by atoms with Crippen molar-refractivity contribution < 1.29 is 8.78 Å². The van der Waals surface area contributed by atoms with Crippen LogP contribution in [0.2, 0.25) is 0 Å². The van der Waals surface area contributed by atoms with Crippen LogP contribution in [0.5, 0.6) is 0 Å². The maximum Gasteiger partial charge on any atom is 0.262 e. The van der Waals surface area contributed by atoms with E-state index in [0.29, 0.717) is 16.1 Å². The van der Waals surface area contributed by atoms with Crippen LogP contribution in [-0.2, 0) is 0 Å². The number of fused-ring (bicyclic) bond motifs is 1. The van der Waals surface area contributed by atoms with Gasteiger partial charge in [-0.25, -0.2) is 13.8 Å². The third-order valence-electron chi connectivity index (χ3n) is 2.63. The molecular formula is C13H14F2N2OS. The van der Waals surface area contributed by atoms with Crippen molar-refractivity contribution in [2.24, 2.45) is 0 Å². The summed E-state index contributed by atoms with van der Waals surface area (Å²) < 4.78 is 26.1. The lowest BCUT2D eigenvalue weighted by atomic mass is 10.2. The first-order valence-electron chi connectivity index (χ1n) is 5.93. The summed E-state index contributed by atoms with van der Waals surface area (Å²) >= 11 is 0.914. The second-order valence-electron chi connectivity index (χ2n) is 4.38. The first-order valence-corrected chi connectivity index (χ1v) is 6.91. The summed E-state index contributed by atoms with van der Waals surface area (Å²) in [7, 11) is 0. The Morgan fingerprint density at radius 1 is 1.32 bits per heavy atom. The van der Waals surface area contributed by atoms with Gasteiger partial charge in [-0.1, -0.05) is 23.9 Å². The molecule has 1 heterocycles. The Balaban J connectivity index is 2.60. The van der Waals surface area contributed by atoms with Crippen molar-refractivity contribution in [1.82, 2.24) is 9.55 Å². The molecule has 3 nitrogen and oxygen atoms in total. The molecule has 19 heavy (non-hydrogen) atoms. The molecule has 0 saturated heterocycles. The van der Waals surface area contributed by atoms with E-state index in [-0.39, 0.29) is 17.4 Å². The quantitative estimate of drug-likeness (QED) is 0.638. The van der Waals surface area contributed by atoms with E-state index in [2.05, 4.69) is 4.98 Å². The second kappa shape index (κ2) is 5.69. The van der Waals surface area contributed by atoms with Crippen LogP contribution in [0, 0.1) is 0 Å². The van der Waals surface area contributed by atoms with Gasteiger partial charge in [0.1, 0.15) is 0 Å². The number of thioether (sulfide) groups is 1. The molecule has 1 aromatic carbocycles. The van der Waals surface area contributed by atoms with Crippen LogP contribution in [0.1, 0.15) is 19.9 Å². The first kappa shape index (κ1) is 14.0. The maximum absolute atomic E-state index is 12.4. The zero-order chi connectivity index (χ0) is 14.0. The van der Waals surface area contributed by atoms with E-state index in [9.17, 15) is 13.6 Å². The molecule has 0 amide bonds. The van der Waals surface area contributed by atoms with Crippen molar-refractivity contribution in [3.8, 4) is 0 Å². The molecule has 2 rings (SSSR count). The summed E-state index contributed by atoms with van der Waals surface area (Å²) in [6.07, 6.45) is -2.42. The van der Waals surface area contributed by atoms with E-state index in [4.69, 9.17) is 0 Å². The predicted molar refractivity (Wildman–Crippen MR) is 73.1 cm³/mol. The smallest absolute Gasteiger partial charge is 0.262 e. The van der Waals surface area contributed by atoms with Crippen LogP contribution in [0.3, 0.4) is 0 Å². The summed E-state index contributed by atoms with van der Waals surface area (Å²) in [6, 6.07) is 6.83. The van der Waals surface area contributed by atoms with E-state index in [0.717, 1.165) is 11.8 Å². The molecule has 1 aromatic heterocycles. The Morgan fingerprint density at radius 2 is 2.00 bits per heavy atom. The zero-order valence-corrected chi connectivity index (χ0v) is 11.5. The van der Waals surface area contributed by atoms with Crippen LogP contribution >= 0.6 is 11.8 Å². The van der Waals surface area contributed by atoms with Crippen molar-refractivity contribution in [1.29, 1.82) is 0 Å². The van der Waals surface area contributed by atoms with Gasteiger partial charge in [-0.3, -0.25) is 9.36 Å². The fourth-order valence-electron chi connectivity index (χ4n) is 1.82. The highest BCUT2D eigenvalue weighted by Gasteiger charge is 2.15. The Hall–Kier alpha value is -1.43. The van der Waals surface area contributed by atoms with Gasteiger partial charge >= 0.3 is 0 Å². The van der Waals surface area contributed by atoms with Gasteiger partial charge in [0.15, 0.2) is 5.16 Å². The lowest BCUT2D eigenvalue weighted by Gasteiger charge is -2.15. The van der Waals surface area contributed by atoms with Crippen molar-refractivity contribution in [2.45, 2.75) is 31.5 Å². The molecule has 0 atom stereocenters. The summed E-state index contributed by atoms with van der Waals surface area (Å²) in [5, 5.41) is 0.858. The third-order valence-corrected chi connectivity index (χ3v) is 3.60. The van der Waals surface area contributed by atoms with Gasteiger partial charge in [-0.05, 0) is 26.0 Å². The van der Waals surface area contributed by atoms with Crippen molar-refractivity contribution in [2.75, 3.05) is 5.75 Å². The minimum absolute atomic E-state index is 0.121. The molecule has 0 fully saturated rings. The molecule has 0 saturated carbocycles. The molecule has 0 radical (unpaired) electrons. The van der Waals surface area contributed by atoms with Gasteiger partial charge in [-0.2, -0.15) is 0 Å². The molecule has 6 heteroatoms. The largest absolute Gasteiger partial charge is 0.285 e. The Morgan fingerprint density at radius 3 is 2.63 bits per heavy atom. The van der Waals surface area contributed by atoms with Crippen molar-refractivity contribution in [3.63, 3.8) is 0 Å². The number of alkyl halides is 2. The molecule has 0 bridgehead atoms. The van der Waals surface area contributed by atoms with Gasteiger partial charge in [0.05, 0.1) is 16.7 Å². The summed E-state index contributed by atoms with van der Waals surface area (Å²) in [5.74, 6) is -0.364. The first-order chi connectivity index (χ1) is 9.00. The van der Waals surface area contributed by atoms with Gasteiger partial charge in [0, 0.05) is 6.04 Å². The average Bonchev–Trinajstić information content (AvgIpc) is 2.36. The molecule has 102 valence electrons. The molecule has 0 N–H and O–H groups in total. The number of nitrogens with zero attached hydrogens (tertiary/aromatic N) is 2. The number of hydrogen-bond donors (Lipinski definition) is 0. The normalized spacial score (nSPS) is 11.7. The van der Waals surface area contributed by atoms with E-state index < -0.39 is 6.43 Å². The highest BCUT2D eigenvalue weighted by atomic mass is 32.2. The van der Waals surface area contributed by atoms with Gasteiger partial charge < -0.3 is 0 Å². The Labute approximate surface area is 113 Å². The number of aromatic nitrogens is 2. The Kier molecular flexibility index (Phi) is 4.19. The van der Waals surface area contributed by atoms with Crippen LogP contribution in [0.15, 0.2) is 34.2 Å². The monoisotopic (exact) mass is 284 g/mol. The standard InChI is InChI=1S/C13H14F2N2OS/c1-8(2)17-12(18)9-5-3-4-6-10(9)16-13(17)19-7-11(14)15/h3-6,8,11H,7H2,1-2H3. The van der Waals surface area contributed by atoms with E-state index in [1.807, 2.05) is 13.8 Å². The van der Waals surface area contributed by atoms with Crippen LogP contribution in [0.4, 0.5) is 8.78 Å². The minimum atomic E-state index is -2.42. The Bertz CT molecular complexity index is 640. The van der Waals surface area contributed by atoms with Crippen LogP contribution in [0.25, 0.3) is 10.9 Å². The third kappa shape index (κ3) is 2.94. The second-order valence-corrected chi connectivity index (χ2v) is 5.37. The number of benzene rings is 1. The van der Waals surface area contributed by atoms with E-state index in [1.54, 1.807) is 24.3 Å².